The van der Waals surface area contributed by atoms with Crippen LogP contribution in [0.2, 0.25) is 0 Å². The molecule has 0 saturated carbocycles. The Kier molecular flexibility index (Phi) is 4.79. The number of hydrogen-bond donors (Lipinski definition) is 1. The van der Waals surface area contributed by atoms with Gasteiger partial charge < -0.3 is 4.74 Å². The lowest BCUT2D eigenvalue weighted by molar-refractivity contribution is 0.327. The molecule has 0 aliphatic carbocycles. The Labute approximate surface area is 130 Å². The SMILES string of the molecule is CCOc1ccc(NS(=O)(=O)c2ccc(F)cc2Br)cn1. The van der Waals surface area contributed by atoms with E-state index in [1.54, 1.807) is 6.07 Å². The van der Waals surface area contributed by atoms with Crippen LogP contribution in [0.1, 0.15) is 6.92 Å². The van der Waals surface area contributed by atoms with Crippen molar-refractivity contribution >= 4 is 31.6 Å². The van der Waals surface area contributed by atoms with Gasteiger partial charge in [0.25, 0.3) is 10.0 Å². The molecule has 5 nitrogen and oxygen atoms in total. The van der Waals surface area contributed by atoms with Gasteiger partial charge in [-0.2, -0.15) is 0 Å². The van der Waals surface area contributed by atoms with Crippen LogP contribution in [0.25, 0.3) is 0 Å². The first kappa shape index (κ1) is 15.7. The molecule has 2 aromatic rings. The average Bonchev–Trinajstić information content (AvgIpc) is 2.40. The third-order valence-corrected chi connectivity index (χ3v) is 4.82. The summed E-state index contributed by atoms with van der Waals surface area (Å²) in [4.78, 5) is 3.90. The van der Waals surface area contributed by atoms with Gasteiger partial charge in [0.05, 0.1) is 18.5 Å². The van der Waals surface area contributed by atoms with Crippen molar-refractivity contribution in [2.24, 2.45) is 0 Å². The number of nitrogens with one attached hydrogen (secondary N) is 1. The maximum atomic E-state index is 13.0. The molecular formula is C13H12BrFN2O3S. The molecule has 1 aromatic heterocycles. The molecule has 1 heterocycles. The van der Waals surface area contributed by atoms with E-state index in [1.165, 1.54) is 18.3 Å². The summed E-state index contributed by atoms with van der Waals surface area (Å²) in [6.07, 6.45) is 1.35. The predicted octanol–water partition coefficient (Wildman–Crippen LogP) is 3.18. The van der Waals surface area contributed by atoms with Gasteiger partial charge in [0.2, 0.25) is 5.88 Å². The van der Waals surface area contributed by atoms with Gasteiger partial charge in [-0.1, -0.05) is 0 Å². The zero-order valence-electron chi connectivity index (χ0n) is 11.0. The minimum absolute atomic E-state index is 0.0576. The molecule has 0 amide bonds. The molecule has 0 atom stereocenters. The van der Waals surface area contributed by atoms with Crippen molar-refractivity contribution in [3.05, 3.63) is 46.8 Å². The number of anilines is 1. The highest BCUT2D eigenvalue weighted by atomic mass is 79.9. The molecule has 0 saturated heterocycles. The summed E-state index contributed by atoms with van der Waals surface area (Å²) in [6, 6.07) is 6.44. The first-order valence-corrected chi connectivity index (χ1v) is 8.26. The molecule has 1 aromatic carbocycles. The Morgan fingerprint density at radius 1 is 1.33 bits per heavy atom. The molecule has 112 valence electrons. The molecule has 0 fully saturated rings. The number of ether oxygens (including phenoxy) is 1. The summed E-state index contributed by atoms with van der Waals surface area (Å²) in [7, 11) is -3.83. The van der Waals surface area contributed by atoms with E-state index in [9.17, 15) is 12.8 Å². The smallest absolute Gasteiger partial charge is 0.263 e. The van der Waals surface area contributed by atoms with Crippen molar-refractivity contribution in [3.8, 4) is 5.88 Å². The van der Waals surface area contributed by atoms with Crippen LogP contribution in [0.3, 0.4) is 0 Å². The van der Waals surface area contributed by atoms with Gasteiger partial charge in [-0.05, 0) is 47.1 Å². The molecule has 0 aliphatic heterocycles. The van der Waals surface area contributed by atoms with Gasteiger partial charge in [-0.15, -0.1) is 0 Å². The highest BCUT2D eigenvalue weighted by molar-refractivity contribution is 9.10. The summed E-state index contributed by atoms with van der Waals surface area (Å²) < 4.78 is 45.1. The number of nitrogens with zero attached hydrogens (tertiary/aromatic N) is 1. The van der Waals surface area contributed by atoms with Gasteiger partial charge in [0.15, 0.2) is 0 Å². The zero-order valence-corrected chi connectivity index (χ0v) is 13.4. The van der Waals surface area contributed by atoms with Gasteiger partial charge >= 0.3 is 0 Å². The fourth-order valence-corrected chi connectivity index (χ4v) is 3.67. The Balaban J connectivity index is 2.24. The summed E-state index contributed by atoms with van der Waals surface area (Å²) >= 11 is 3.03. The van der Waals surface area contributed by atoms with Crippen LogP contribution < -0.4 is 9.46 Å². The Bertz CT molecular complexity index is 736. The number of halogens is 2. The number of pyridine rings is 1. The van der Waals surface area contributed by atoms with Gasteiger partial charge in [-0.25, -0.2) is 17.8 Å². The highest BCUT2D eigenvalue weighted by Gasteiger charge is 2.18. The first-order valence-electron chi connectivity index (χ1n) is 5.99. The predicted molar refractivity (Wildman–Crippen MR) is 80.3 cm³/mol. The number of rotatable bonds is 5. The maximum absolute atomic E-state index is 13.0. The lowest BCUT2D eigenvalue weighted by Gasteiger charge is -2.10. The molecule has 2 rings (SSSR count). The summed E-state index contributed by atoms with van der Waals surface area (Å²) in [5, 5.41) is 0. The van der Waals surface area contributed by atoms with E-state index in [0.717, 1.165) is 12.1 Å². The van der Waals surface area contributed by atoms with E-state index in [1.807, 2.05) is 6.92 Å². The lowest BCUT2D eigenvalue weighted by Crippen LogP contribution is -2.14. The van der Waals surface area contributed by atoms with Crippen LogP contribution in [-0.4, -0.2) is 20.0 Å². The van der Waals surface area contributed by atoms with Crippen molar-refractivity contribution in [1.82, 2.24) is 4.98 Å². The fourth-order valence-electron chi connectivity index (χ4n) is 1.58. The Morgan fingerprint density at radius 3 is 2.67 bits per heavy atom. The van der Waals surface area contributed by atoms with Crippen LogP contribution in [0.5, 0.6) is 5.88 Å². The Hall–Kier alpha value is -1.67. The topological polar surface area (TPSA) is 68.3 Å². The molecular weight excluding hydrogens is 363 g/mol. The third kappa shape index (κ3) is 3.92. The van der Waals surface area contributed by atoms with Crippen molar-refractivity contribution < 1.29 is 17.5 Å². The number of benzene rings is 1. The van der Waals surface area contributed by atoms with E-state index in [0.29, 0.717) is 12.5 Å². The van der Waals surface area contributed by atoms with Crippen LogP contribution in [-0.2, 0) is 10.0 Å². The van der Waals surface area contributed by atoms with Crippen LogP contribution in [0.15, 0.2) is 45.9 Å². The zero-order chi connectivity index (χ0) is 15.5. The largest absolute Gasteiger partial charge is 0.478 e. The Morgan fingerprint density at radius 2 is 2.10 bits per heavy atom. The quantitative estimate of drug-likeness (QED) is 0.872. The van der Waals surface area contributed by atoms with Gasteiger partial charge in [0, 0.05) is 10.5 Å². The summed E-state index contributed by atoms with van der Waals surface area (Å²) in [5.41, 5.74) is 0.287. The van der Waals surface area contributed by atoms with Crippen molar-refractivity contribution in [2.45, 2.75) is 11.8 Å². The fraction of sp³-hybridized carbons (Fsp3) is 0.154. The van der Waals surface area contributed by atoms with Gasteiger partial charge in [-0.3, -0.25) is 4.72 Å². The first-order chi connectivity index (χ1) is 9.92. The monoisotopic (exact) mass is 374 g/mol. The van der Waals surface area contributed by atoms with E-state index in [4.69, 9.17) is 4.74 Å². The maximum Gasteiger partial charge on any atom is 0.263 e. The van der Waals surface area contributed by atoms with Gasteiger partial charge in [0.1, 0.15) is 10.7 Å². The number of sulfonamides is 1. The molecule has 8 heteroatoms. The summed E-state index contributed by atoms with van der Waals surface area (Å²) in [6.45, 7) is 2.30. The van der Waals surface area contributed by atoms with Crippen LogP contribution in [0, 0.1) is 5.82 Å². The molecule has 0 aliphatic rings. The second-order valence-electron chi connectivity index (χ2n) is 4.00. The molecule has 21 heavy (non-hydrogen) atoms. The second kappa shape index (κ2) is 6.40. The molecule has 0 bridgehead atoms. The molecule has 0 unspecified atom stereocenters. The summed E-state index contributed by atoms with van der Waals surface area (Å²) in [5.74, 6) is -0.119. The molecule has 0 spiro atoms. The second-order valence-corrected chi connectivity index (χ2v) is 6.50. The van der Waals surface area contributed by atoms with Crippen LogP contribution >= 0.6 is 15.9 Å². The molecule has 0 radical (unpaired) electrons. The lowest BCUT2D eigenvalue weighted by atomic mass is 10.3. The van der Waals surface area contributed by atoms with Crippen molar-refractivity contribution in [1.29, 1.82) is 0 Å². The number of hydrogen-bond acceptors (Lipinski definition) is 4. The van der Waals surface area contributed by atoms with Crippen molar-refractivity contribution in [2.75, 3.05) is 11.3 Å². The highest BCUT2D eigenvalue weighted by Crippen LogP contribution is 2.25. The third-order valence-electron chi connectivity index (χ3n) is 2.46. The number of aromatic nitrogens is 1. The average molecular weight is 375 g/mol. The minimum atomic E-state index is -3.83. The van der Waals surface area contributed by atoms with E-state index in [2.05, 4.69) is 25.6 Å². The minimum Gasteiger partial charge on any atom is -0.478 e. The van der Waals surface area contributed by atoms with E-state index >= 15 is 0 Å². The van der Waals surface area contributed by atoms with E-state index < -0.39 is 15.8 Å². The standard InChI is InChI=1S/C13H12BrFN2O3S/c1-2-20-13-6-4-10(8-16-13)17-21(18,19)12-5-3-9(15)7-11(12)14/h3-8,17H,2H2,1H3. The van der Waals surface area contributed by atoms with E-state index in [-0.39, 0.29) is 15.1 Å². The van der Waals surface area contributed by atoms with Crippen molar-refractivity contribution in [3.63, 3.8) is 0 Å². The van der Waals surface area contributed by atoms with Crippen LogP contribution in [0.4, 0.5) is 10.1 Å². The molecule has 1 N–H and O–H groups in total. The normalized spacial score (nSPS) is 11.2.